The Morgan fingerprint density at radius 2 is 2.00 bits per heavy atom. The number of hydrogen-bond acceptors (Lipinski definition) is 2. The average molecular weight is 153 g/mol. The van der Waals surface area contributed by atoms with E-state index in [9.17, 15) is 4.79 Å². The molecule has 2 saturated heterocycles. The third kappa shape index (κ3) is 1.20. The zero-order valence-electron chi connectivity index (χ0n) is 6.97. The van der Waals surface area contributed by atoms with E-state index in [1.165, 1.54) is 19.3 Å². The predicted molar refractivity (Wildman–Crippen MR) is 43.4 cm³/mol. The largest absolute Gasteiger partial charge is 0.311 e. The molecule has 2 nitrogen and oxygen atoms in total. The summed E-state index contributed by atoms with van der Waals surface area (Å²) in [5, 5.41) is 3.50. The Labute approximate surface area is 67.4 Å². The van der Waals surface area contributed by atoms with Gasteiger partial charge in [-0.05, 0) is 32.6 Å². The Morgan fingerprint density at radius 1 is 1.27 bits per heavy atom. The molecule has 2 rings (SSSR count). The monoisotopic (exact) mass is 153 g/mol. The Balaban J connectivity index is 2.07. The van der Waals surface area contributed by atoms with Gasteiger partial charge in [-0.3, -0.25) is 4.79 Å². The summed E-state index contributed by atoms with van der Waals surface area (Å²) < 4.78 is 0. The van der Waals surface area contributed by atoms with Crippen LogP contribution in [0.4, 0.5) is 0 Å². The van der Waals surface area contributed by atoms with Gasteiger partial charge in [0.25, 0.3) is 0 Å². The molecule has 0 unspecified atom stereocenters. The first-order valence-electron chi connectivity index (χ1n) is 4.54. The van der Waals surface area contributed by atoms with E-state index in [2.05, 4.69) is 5.32 Å². The molecule has 0 aromatic rings. The second-order valence-electron chi connectivity index (χ2n) is 3.84. The summed E-state index contributed by atoms with van der Waals surface area (Å²) in [6, 6.07) is 1.25. The minimum absolute atomic E-state index is 0.328. The van der Waals surface area contributed by atoms with Gasteiger partial charge < -0.3 is 5.32 Å². The second kappa shape index (κ2) is 2.59. The van der Waals surface area contributed by atoms with Crippen molar-refractivity contribution < 1.29 is 4.79 Å². The molecule has 1 N–H and O–H groups in total. The lowest BCUT2D eigenvalue weighted by atomic mass is 9.89. The molecule has 0 aromatic carbocycles. The topological polar surface area (TPSA) is 29.1 Å². The van der Waals surface area contributed by atoms with E-state index >= 15 is 0 Å². The normalized spacial score (nSPS) is 42.5. The van der Waals surface area contributed by atoms with Crippen molar-refractivity contribution in [2.24, 2.45) is 5.92 Å². The van der Waals surface area contributed by atoms with Gasteiger partial charge in [0.1, 0.15) is 5.78 Å². The first-order chi connectivity index (χ1) is 5.27. The molecule has 2 bridgehead atoms. The highest BCUT2D eigenvalue weighted by Crippen LogP contribution is 2.31. The maximum absolute atomic E-state index is 11.1. The number of ketones is 1. The number of carbonyl (C=O) groups is 1. The molecule has 11 heavy (non-hydrogen) atoms. The highest BCUT2D eigenvalue weighted by molar-refractivity contribution is 5.79. The Bertz CT molecular complexity index is 178. The van der Waals surface area contributed by atoms with Crippen LogP contribution in [0.15, 0.2) is 0 Å². The van der Waals surface area contributed by atoms with Gasteiger partial charge in [0.05, 0.1) is 0 Å². The van der Waals surface area contributed by atoms with E-state index in [4.69, 9.17) is 0 Å². The van der Waals surface area contributed by atoms with Crippen molar-refractivity contribution in [1.29, 1.82) is 0 Å². The van der Waals surface area contributed by atoms with Crippen molar-refractivity contribution in [3.05, 3.63) is 0 Å². The SMILES string of the molecule is CC(=O)[C@H]1CC[C@H]2CC[C@@H]1N2. The Morgan fingerprint density at radius 3 is 2.73 bits per heavy atom. The van der Waals surface area contributed by atoms with Crippen LogP contribution in [-0.4, -0.2) is 17.9 Å². The number of hydrogen-bond donors (Lipinski definition) is 1. The van der Waals surface area contributed by atoms with Gasteiger partial charge in [-0.2, -0.15) is 0 Å². The number of fused-ring (bicyclic) bond motifs is 2. The molecule has 2 aliphatic heterocycles. The van der Waals surface area contributed by atoms with Gasteiger partial charge >= 0.3 is 0 Å². The number of nitrogens with one attached hydrogen (secondary N) is 1. The van der Waals surface area contributed by atoms with Crippen LogP contribution in [0, 0.1) is 5.92 Å². The van der Waals surface area contributed by atoms with Crippen molar-refractivity contribution in [3.8, 4) is 0 Å². The molecule has 0 saturated carbocycles. The summed E-state index contributed by atoms with van der Waals surface area (Å²) in [5.41, 5.74) is 0. The fourth-order valence-corrected chi connectivity index (χ4v) is 2.46. The predicted octanol–water partition coefficient (Wildman–Crippen LogP) is 1.11. The lowest BCUT2D eigenvalue weighted by Gasteiger charge is -2.27. The quantitative estimate of drug-likeness (QED) is 0.611. The molecule has 0 spiro atoms. The number of rotatable bonds is 1. The third-order valence-corrected chi connectivity index (χ3v) is 3.11. The standard InChI is InChI=1S/C9H15NO/c1-6(11)8-4-2-7-3-5-9(8)10-7/h7-10H,2-5H2,1H3/t7-,8+,9-/m0/s1. The van der Waals surface area contributed by atoms with E-state index < -0.39 is 0 Å². The van der Waals surface area contributed by atoms with Crippen LogP contribution in [0.3, 0.4) is 0 Å². The van der Waals surface area contributed by atoms with Crippen molar-refractivity contribution in [1.82, 2.24) is 5.32 Å². The maximum Gasteiger partial charge on any atom is 0.134 e. The van der Waals surface area contributed by atoms with E-state index in [0.717, 1.165) is 12.5 Å². The van der Waals surface area contributed by atoms with Crippen LogP contribution in [-0.2, 0) is 4.79 Å². The van der Waals surface area contributed by atoms with E-state index in [-0.39, 0.29) is 0 Å². The van der Waals surface area contributed by atoms with Gasteiger partial charge in [-0.1, -0.05) is 0 Å². The molecule has 2 heteroatoms. The van der Waals surface area contributed by atoms with Crippen LogP contribution in [0.2, 0.25) is 0 Å². The molecule has 2 aliphatic rings. The number of Topliss-reactive ketones (excluding diaryl/α,β-unsaturated/α-hetero) is 1. The Kier molecular flexibility index (Phi) is 1.72. The Hall–Kier alpha value is -0.370. The second-order valence-corrected chi connectivity index (χ2v) is 3.84. The molecule has 0 amide bonds. The summed E-state index contributed by atoms with van der Waals surface area (Å²) >= 11 is 0. The third-order valence-electron chi connectivity index (χ3n) is 3.11. The first-order valence-corrected chi connectivity index (χ1v) is 4.54. The molecule has 2 heterocycles. The first kappa shape index (κ1) is 7.29. The minimum Gasteiger partial charge on any atom is -0.311 e. The van der Waals surface area contributed by atoms with Crippen molar-refractivity contribution in [3.63, 3.8) is 0 Å². The smallest absolute Gasteiger partial charge is 0.134 e. The molecule has 0 aromatic heterocycles. The van der Waals surface area contributed by atoms with E-state index in [0.29, 0.717) is 17.7 Å². The molecule has 2 fully saturated rings. The molecule has 3 atom stereocenters. The van der Waals surface area contributed by atoms with Gasteiger partial charge in [0.2, 0.25) is 0 Å². The molecule has 0 radical (unpaired) electrons. The van der Waals surface area contributed by atoms with Crippen LogP contribution in [0.1, 0.15) is 32.6 Å². The fraction of sp³-hybridized carbons (Fsp3) is 0.889. The molecular weight excluding hydrogens is 138 g/mol. The zero-order chi connectivity index (χ0) is 7.84. The van der Waals surface area contributed by atoms with Crippen LogP contribution in [0.25, 0.3) is 0 Å². The average Bonchev–Trinajstić information content (AvgIpc) is 2.32. The van der Waals surface area contributed by atoms with Gasteiger partial charge in [0, 0.05) is 18.0 Å². The van der Waals surface area contributed by atoms with Gasteiger partial charge in [-0.25, -0.2) is 0 Å². The lowest BCUT2D eigenvalue weighted by Crippen LogP contribution is -2.42. The summed E-state index contributed by atoms with van der Waals surface area (Å²) in [5.74, 6) is 0.705. The summed E-state index contributed by atoms with van der Waals surface area (Å²) in [7, 11) is 0. The lowest BCUT2D eigenvalue weighted by molar-refractivity contribution is -0.122. The van der Waals surface area contributed by atoms with Gasteiger partial charge in [0.15, 0.2) is 0 Å². The highest BCUT2D eigenvalue weighted by atomic mass is 16.1. The van der Waals surface area contributed by atoms with Crippen molar-refractivity contribution >= 4 is 5.78 Å². The molecule has 0 aliphatic carbocycles. The van der Waals surface area contributed by atoms with Crippen molar-refractivity contribution in [2.75, 3.05) is 0 Å². The summed E-state index contributed by atoms with van der Waals surface area (Å²) in [6.07, 6.45) is 4.84. The fourth-order valence-electron chi connectivity index (χ4n) is 2.46. The molecule has 62 valence electrons. The van der Waals surface area contributed by atoms with E-state index in [1.807, 2.05) is 0 Å². The minimum atomic E-state index is 0.328. The molecular formula is C9H15NO. The van der Waals surface area contributed by atoms with Crippen LogP contribution >= 0.6 is 0 Å². The van der Waals surface area contributed by atoms with Gasteiger partial charge in [-0.15, -0.1) is 0 Å². The number of carbonyl (C=O) groups excluding carboxylic acids is 1. The number of piperidine rings is 1. The van der Waals surface area contributed by atoms with Crippen LogP contribution in [0.5, 0.6) is 0 Å². The van der Waals surface area contributed by atoms with Crippen LogP contribution < -0.4 is 5.32 Å². The van der Waals surface area contributed by atoms with Crippen molar-refractivity contribution in [2.45, 2.75) is 44.7 Å². The maximum atomic E-state index is 11.1. The summed E-state index contributed by atoms with van der Waals surface area (Å²) in [4.78, 5) is 11.1. The summed E-state index contributed by atoms with van der Waals surface area (Å²) in [6.45, 7) is 1.73. The van der Waals surface area contributed by atoms with E-state index in [1.54, 1.807) is 6.92 Å². The zero-order valence-corrected chi connectivity index (χ0v) is 6.97. The highest BCUT2D eigenvalue weighted by Gasteiger charge is 2.36.